The van der Waals surface area contributed by atoms with E-state index in [1.54, 1.807) is 0 Å². The summed E-state index contributed by atoms with van der Waals surface area (Å²) in [5.41, 5.74) is 0. The SMILES string of the molecule is O[Si](O)(O)O.P.[MgH2].[Rh]. The first-order valence-corrected chi connectivity index (χ1v) is 2.68. The third-order valence-electron chi connectivity index (χ3n) is 0. The Labute approximate surface area is 80.3 Å². The predicted octanol–water partition coefficient (Wildman–Crippen LogP) is -3.47. The van der Waals surface area contributed by atoms with Gasteiger partial charge in [0.2, 0.25) is 0 Å². The van der Waals surface area contributed by atoms with E-state index in [1.807, 2.05) is 0 Å². The zero-order valence-corrected chi connectivity index (χ0v) is 7.38. The van der Waals surface area contributed by atoms with E-state index in [1.165, 1.54) is 0 Å². The number of hydrogen-bond acceptors (Lipinski definition) is 4. The van der Waals surface area contributed by atoms with E-state index >= 15 is 0 Å². The molecule has 0 saturated carbocycles. The summed E-state index contributed by atoms with van der Waals surface area (Å²) < 4.78 is 0. The Bertz CT molecular complexity index is 31.5. The van der Waals surface area contributed by atoms with Crippen molar-refractivity contribution in [3.63, 3.8) is 0 Å². The summed E-state index contributed by atoms with van der Waals surface area (Å²) in [6.07, 6.45) is 0. The largest absolute Gasteiger partial charge is 0.668 e. The minimum atomic E-state index is -4.61. The molecule has 0 aliphatic heterocycles. The summed E-state index contributed by atoms with van der Waals surface area (Å²) in [6.45, 7) is 0. The van der Waals surface area contributed by atoms with Gasteiger partial charge in [0.25, 0.3) is 0 Å². The van der Waals surface area contributed by atoms with E-state index in [9.17, 15) is 0 Å². The minimum absolute atomic E-state index is 0. The molecule has 0 saturated heterocycles. The molecule has 0 heterocycles. The van der Waals surface area contributed by atoms with E-state index in [-0.39, 0.29) is 52.4 Å². The molecule has 1 radical (unpaired) electrons. The summed E-state index contributed by atoms with van der Waals surface area (Å²) in [6, 6.07) is 0. The van der Waals surface area contributed by atoms with Crippen LogP contribution < -0.4 is 0 Å². The molecule has 1 unspecified atom stereocenters. The van der Waals surface area contributed by atoms with Crippen LogP contribution in [0.25, 0.3) is 0 Å². The average molecular weight is 259 g/mol. The van der Waals surface area contributed by atoms with E-state index in [0.717, 1.165) is 0 Å². The van der Waals surface area contributed by atoms with Gasteiger partial charge < -0.3 is 19.2 Å². The molecule has 0 aromatic carbocycles. The fourth-order valence-electron chi connectivity index (χ4n) is 0. The fraction of sp³-hybridized carbons (Fsp3) is 0. The van der Waals surface area contributed by atoms with Crippen LogP contribution in [0.15, 0.2) is 0 Å². The second kappa shape index (κ2) is 8.88. The minimum Gasteiger partial charge on any atom is -0.368 e. The van der Waals surface area contributed by atoms with Gasteiger partial charge in [0.05, 0.1) is 0 Å². The molecule has 4 N–H and O–H groups in total. The summed E-state index contributed by atoms with van der Waals surface area (Å²) in [4.78, 5) is 29.3. The summed E-state index contributed by atoms with van der Waals surface area (Å²) in [5, 5.41) is 0. The van der Waals surface area contributed by atoms with Crippen molar-refractivity contribution in [2.45, 2.75) is 0 Å². The third-order valence-corrected chi connectivity index (χ3v) is 0. The van der Waals surface area contributed by atoms with Gasteiger partial charge in [0.15, 0.2) is 0 Å². The van der Waals surface area contributed by atoms with Crippen LogP contribution in [0.4, 0.5) is 0 Å². The van der Waals surface area contributed by atoms with Crippen LogP contribution in [-0.4, -0.2) is 51.3 Å². The van der Waals surface area contributed by atoms with Crippen molar-refractivity contribution in [1.29, 1.82) is 0 Å². The molecule has 53 valence electrons. The van der Waals surface area contributed by atoms with Crippen LogP contribution in [0.3, 0.4) is 0 Å². The molecule has 8 heavy (non-hydrogen) atoms. The fourth-order valence-corrected chi connectivity index (χ4v) is 0. The van der Waals surface area contributed by atoms with Gasteiger partial charge in [-0.3, -0.25) is 0 Å². The molecular weight excluding hydrogens is 250 g/mol. The normalized spacial score (nSPS) is 7.50. The van der Waals surface area contributed by atoms with Crippen molar-refractivity contribution < 1.29 is 38.7 Å². The molecule has 0 amide bonds. The van der Waals surface area contributed by atoms with Crippen molar-refractivity contribution >= 4 is 42.0 Å². The maximum Gasteiger partial charge on any atom is 0.668 e. The molecular formula is H9MgO4PRhSi. The molecule has 0 rings (SSSR count). The summed E-state index contributed by atoms with van der Waals surface area (Å²) >= 11 is 0. The van der Waals surface area contributed by atoms with Gasteiger partial charge in [-0.2, -0.15) is 9.90 Å². The van der Waals surface area contributed by atoms with Crippen LogP contribution in [0, 0.1) is 0 Å². The number of hydrogen-bond donors (Lipinski definition) is 4. The van der Waals surface area contributed by atoms with Crippen molar-refractivity contribution in [3.8, 4) is 0 Å². The Kier molecular flexibility index (Phi) is 25.0. The van der Waals surface area contributed by atoms with Gasteiger partial charge in [-0.15, -0.1) is 0 Å². The van der Waals surface area contributed by atoms with Crippen LogP contribution in [0.1, 0.15) is 0 Å². The molecule has 0 aliphatic carbocycles. The molecule has 0 fully saturated rings. The smallest absolute Gasteiger partial charge is 0.368 e. The Hall–Kier alpha value is 1.88. The van der Waals surface area contributed by atoms with Gasteiger partial charge in [-0.1, -0.05) is 0 Å². The van der Waals surface area contributed by atoms with E-state index in [4.69, 9.17) is 19.2 Å². The average Bonchev–Trinajstić information content (AvgIpc) is 0.722. The van der Waals surface area contributed by atoms with E-state index in [0.29, 0.717) is 0 Å². The monoisotopic (exact) mass is 259 g/mol. The molecule has 0 spiro atoms. The predicted molar refractivity (Wildman–Crippen MR) is 34.3 cm³/mol. The van der Waals surface area contributed by atoms with Crippen LogP contribution >= 0.6 is 9.90 Å². The van der Waals surface area contributed by atoms with Crippen LogP contribution in [0.2, 0.25) is 0 Å². The molecule has 4 nitrogen and oxygen atoms in total. The number of rotatable bonds is 0. The molecule has 1 atom stereocenters. The molecule has 0 aromatic rings. The van der Waals surface area contributed by atoms with Gasteiger partial charge >= 0.3 is 32.1 Å². The molecule has 0 aliphatic rings. The third kappa shape index (κ3) is 106. The van der Waals surface area contributed by atoms with Crippen molar-refractivity contribution in [3.05, 3.63) is 0 Å². The van der Waals surface area contributed by atoms with Crippen LogP contribution in [-0.2, 0) is 19.5 Å². The van der Waals surface area contributed by atoms with Crippen molar-refractivity contribution in [2.75, 3.05) is 0 Å². The Morgan fingerprint density at radius 1 is 0.875 bits per heavy atom. The van der Waals surface area contributed by atoms with E-state index in [2.05, 4.69) is 0 Å². The Balaban J connectivity index is -0.0000000267. The van der Waals surface area contributed by atoms with Crippen molar-refractivity contribution in [1.82, 2.24) is 0 Å². The van der Waals surface area contributed by atoms with Crippen LogP contribution in [0.5, 0.6) is 0 Å². The first-order chi connectivity index (χ1) is 2.00. The topological polar surface area (TPSA) is 80.9 Å². The maximum absolute atomic E-state index is 7.33. The quantitative estimate of drug-likeness (QED) is 0.269. The zero-order chi connectivity index (χ0) is 4.50. The summed E-state index contributed by atoms with van der Waals surface area (Å²) in [5.74, 6) is 0. The zero-order valence-electron chi connectivity index (χ0n) is 3.33. The second-order valence-corrected chi connectivity index (χ2v) is 1.80. The van der Waals surface area contributed by atoms with E-state index < -0.39 is 9.05 Å². The van der Waals surface area contributed by atoms with Gasteiger partial charge in [0, 0.05) is 19.5 Å². The van der Waals surface area contributed by atoms with Crippen molar-refractivity contribution in [2.24, 2.45) is 0 Å². The maximum atomic E-state index is 7.33. The van der Waals surface area contributed by atoms with Gasteiger partial charge in [0.1, 0.15) is 0 Å². The molecule has 8 heteroatoms. The Morgan fingerprint density at radius 3 is 0.875 bits per heavy atom. The Morgan fingerprint density at radius 2 is 0.875 bits per heavy atom. The molecule has 0 bridgehead atoms. The molecule has 0 aromatic heterocycles. The van der Waals surface area contributed by atoms with Gasteiger partial charge in [-0.05, 0) is 0 Å². The first-order valence-electron chi connectivity index (χ1n) is 0.894. The standard InChI is InChI=1S/Mg.H4O4Si.H3P.Rh.2H/c;1-5(2,3)4;;;;/h;1-4H;1H3;;;. The second-order valence-electron chi connectivity index (χ2n) is 0.600. The first kappa shape index (κ1) is 22.5. The van der Waals surface area contributed by atoms with Gasteiger partial charge in [-0.25, -0.2) is 0 Å². The summed E-state index contributed by atoms with van der Waals surface area (Å²) in [7, 11) is -4.61.